The number of benzene rings is 2. The topological polar surface area (TPSA) is 84.0 Å². The van der Waals surface area contributed by atoms with Crippen LogP contribution in [0.25, 0.3) is 22.0 Å². The molecule has 2 aromatic carbocycles. The smallest absolute Gasteiger partial charge is 0.241 e. The van der Waals surface area contributed by atoms with Crippen molar-refractivity contribution in [3.8, 4) is 11.3 Å². The fraction of sp³-hybridized carbons (Fsp3) is 0.417. The third-order valence-electron chi connectivity index (χ3n) is 5.91. The van der Waals surface area contributed by atoms with Gasteiger partial charge in [-0.3, -0.25) is 0 Å². The van der Waals surface area contributed by atoms with Crippen LogP contribution in [0.2, 0.25) is 5.15 Å². The number of sulfonamides is 1. The number of piperidine rings is 1. The molecule has 1 fully saturated rings. The maximum Gasteiger partial charge on any atom is 0.241 e. The molecule has 0 atom stereocenters. The van der Waals surface area contributed by atoms with Crippen LogP contribution >= 0.6 is 11.6 Å². The lowest BCUT2D eigenvalue weighted by atomic mass is 9.80. The summed E-state index contributed by atoms with van der Waals surface area (Å²) in [6.07, 6.45) is 1.42. The van der Waals surface area contributed by atoms with Crippen molar-refractivity contribution >= 4 is 32.4 Å². The van der Waals surface area contributed by atoms with Crippen LogP contribution in [0, 0.1) is 6.92 Å². The van der Waals surface area contributed by atoms with Gasteiger partial charge in [0.25, 0.3) is 0 Å². The molecule has 2 heterocycles. The van der Waals surface area contributed by atoms with Crippen LogP contribution < -0.4 is 10.0 Å². The van der Waals surface area contributed by atoms with Crippen molar-refractivity contribution in [2.45, 2.75) is 69.5 Å². The molecule has 1 aromatic heterocycles. The highest BCUT2D eigenvalue weighted by molar-refractivity contribution is 7.89. The molecule has 4 rings (SSSR count). The van der Waals surface area contributed by atoms with Crippen molar-refractivity contribution in [2.75, 3.05) is 0 Å². The van der Waals surface area contributed by atoms with Gasteiger partial charge in [0, 0.05) is 33.5 Å². The van der Waals surface area contributed by atoms with Crippen molar-refractivity contribution in [3.05, 3.63) is 53.2 Å². The van der Waals surface area contributed by atoms with Gasteiger partial charge in [0.1, 0.15) is 5.69 Å². The van der Waals surface area contributed by atoms with Crippen molar-refractivity contribution in [1.82, 2.24) is 20.2 Å². The average molecular weight is 473 g/mol. The molecular formula is C24H29ClN4O2S. The number of fused-ring (bicyclic) bond motifs is 1. The first-order valence-electron chi connectivity index (χ1n) is 10.7. The summed E-state index contributed by atoms with van der Waals surface area (Å²) in [7, 11) is -3.73. The summed E-state index contributed by atoms with van der Waals surface area (Å²) in [5.74, 6) is 0. The van der Waals surface area contributed by atoms with Crippen LogP contribution in [0.5, 0.6) is 0 Å². The third kappa shape index (κ3) is 4.66. The molecule has 0 spiro atoms. The molecule has 1 saturated heterocycles. The first kappa shape index (κ1) is 23.1. The Labute approximate surface area is 194 Å². The lowest BCUT2D eigenvalue weighted by Gasteiger charge is -2.46. The van der Waals surface area contributed by atoms with E-state index in [1.165, 1.54) is 0 Å². The van der Waals surface area contributed by atoms with E-state index in [4.69, 9.17) is 11.6 Å². The Kier molecular flexibility index (Phi) is 5.82. The lowest BCUT2D eigenvalue weighted by Crippen LogP contribution is -2.62. The second-order valence-electron chi connectivity index (χ2n) is 9.98. The average Bonchev–Trinajstić information content (AvgIpc) is 2.66. The second kappa shape index (κ2) is 8.06. The van der Waals surface area contributed by atoms with E-state index in [1.54, 1.807) is 13.0 Å². The zero-order valence-electron chi connectivity index (χ0n) is 19.0. The van der Waals surface area contributed by atoms with Gasteiger partial charge in [-0.2, -0.15) is 0 Å². The quantitative estimate of drug-likeness (QED) is 0.567. The van der Waals surface area contributed by atoms with Gasteiger partial charge in [-0.05, 0) is 59.1 Å². The summed E-state index contributed by atoms with van der Waals surface area (Å²) < 4.78 is 29.9. The molecule has 170 valence electrons. The zero-order chi connectivity index (χ0) is 23.3. The van der Waals surface area contributed by atoms with Crippen LogP contribution in [-0.4, -0.2) is 35.7 Å². The largest absolute Gasteiger partial charge is 0.307 e. The van der Waals surface area contributed by atoms with Crippen molar-refractivity contribution in [3.63, 3.8) is 0 Å². The van der Waals surface area contributed by atoms with Crippen LogP contribution in [0.3, 0.4) is 0 Å². The van der Waals surface area contributed by atoms with Gasteiger partial charge in [0.2, 0.25) is 10.0 Å². The third-order valence-corrected chi connectivity index (χ3v) is 7.85. The maximum absolute atomic E-state index is 13.5. The van der Waals surface area contributed by atoms with Crippen molar-refractivity contribution < 1.29 is 8.42 Å². The molecule has 0 unspecified atom stereocenters. The van der Waals surface area contributed by atoms with Gasteiger partial charge in [-0.1, -0.05) is 48.0 Å². The Bertz CT molecular complexity index is 1270. The fourth-order valence-corrected chi connectivity index (χ4v) is 6.72. The standard InChI is InChI=1S/C24H29ClN4O2S/c1-15-10-11-16(21-18-8-6-7-9-19(18)22(25)27-26-21)12-20(15)32(30,31)28-17-13-23(2,3)29-24(4,5)14-17/h6-12,17,28-29H,13-14H2,1-5H3. The highest BCUT2D eigenvalue weighted by Crippen LogP contribution is 2.33. The Morgan fingerprint density at radius 1 is 1.00 bits per heavy atom. The molecule has 0 bridgehead atoms. The number of nitrogens with zero attached hydrogens (tertiary/aromatic N) is 2. The molecule has 1 aliphatic heterocycles. The number of hydrogen-bond acceptors (Lipinski definition) is 5. The van der Waals surface area contributed by atoms with Gasteiger partial charge in [0.05, 0.1) is 4.90 Å². The predicted molar refractivity (Wildman–Crippen MR) is 129 cm³/mol. The summed E-state index contributed by atoms with van der Waals surface area (Å²) in [4.78, 5) is 0.255. The van der Waals surface area contributed by atoms with E-state index >= 15 is 0 Å². The number of aromatic nitrogens is 2. The maximum atomic E-state index is 13.5. The molecule has 1 aliphatic rings. The first-order chi connectivity index (χ1) is 14.9. The Morgan fingerprint density at radius 2 is 1.62 bits per heavy atom. The Balaban J connectivity index is 1.73. The van der Waals surface area contributed by atoms with Crippen molar-refractivity contribution in [2.24, 2.45) is 0 Å². The number of nitrogens with one attached hydrogen (secondary N) is 2. The number of aryl methyl sites for hydroxylation is 1. The Hall–Kier alpha value is -2.06. The normalized spacial score (nSPS) is 18.7. The molecular weight excluding hydrogens is 444 g/mol. The molecule has 0 aliphatic carbocycles. The lowest BCUT2D eigenvalue weighted by molar-refractivity contribution is 0.157. The van der Waals surface area contributed by atoms with Gasteiger partial charge >= 0.3 is 0 Å². The van der Waals surface area contributed by atoms with E-state index in [0.717, 1.165) is 10.8 Å². The molecule has 3 aromatic rings. The fourth-order valence-electron chi connectivity index (χ4n) is 5.01. The van der Waals surface area contributed by atoms with E-state index in [0.29, 0.717) is 34.8 Å². The highest BCUT2D eigenvalue weighted by atomic mass is 35.5. The number of halogens is 1. The molecule has 2 N–H and O–H groups in total. The molecule has 8 heteroatoms. The number of rotatable bonds is 4. The van der Waals surface area contributed by atoms with Crippen molar-refractivity contribution in [1.29, 1.82) is 0 Å². The van der Waals surface area contributed by atoms with E-state index in [9.17, 15) is 8.42 Å². The van der Waals surface area contributed by atoms with Crippen LogP contribution in [-0.2, 0) is 10.0 Å². The van der Waals surface area contributed by atoms with E-state index in [2.05, 4.69) is 47.9 Å². The van der Waals surface area contributed by atoms with Crippen LogP contribution in [0.1, 0.15) is 46.1 Å². The minimum absolute atomic E-state index is 0.162. The first-order valence-corrected chi connectivity index (χ1v) is 12.6. The summed E-state index contributed by atoms with van der Waals surface area (Å²) >= 11 is 6.22. The number of hydrogen-bond donors (Lipinski definition) is 2. The molecule has 6 nitrogen and oxygen atoms in total. The molecule has 32 heavy (non-hydrogen) atoms. The zero-order valence-corrected chi connectivity index (χ0v) is 20.6. The minimum Gasteiger partial charge on any atom is -0.307 e. The van der Waals surface area contributed by atoms with Gasteiger partial charge in [0.15, 0.2) is 5.15 Å². The SMILES string of the molecule is Cc1ccc(-c2nnc(Cl)c3ccccc23)cc1S(=O)(=O)NC1CC(C)(C)NC(C)(C)C1. The molecule has 0 saturated carbocycles. The van der Waals surface area contributed by atoms with E-state index < -0.39 is 10.0 Å². The predicted octanol–water partition coefficient (Wildman–Crippen LogP) is 4.85. The highest BCUT2D eigenvalue weighted by Gasteiger charge is 2.39. The van der Waals surface area contributed by atoms with Crippen LogP contribution in [0.15, 0.2) is 47.4 Å². The van der Waals surface area contributed by atoms with Gasteiger partial charge < -0.3 is 5.32 Å². The van der Waals surface area contributed by atoms with E-state index in [-0.39, 0.29) is 22.0 Å². The summed E-state index contributed by atoms with van der Waals surface area (Å²) in [6.45, 7) is 10.2. The molecule has 0 amide bonds. The van der Waals surface area contributed by atoms with Gasteiger partial charge in [-0.25, -0.2) is 13.1 Å². The summed E-state index contributed by atoms with van der Waals surface area (Å²) in [5, 5.41) is 13.9. The monoisotopic (exact) mass is 472 g/mol. The Morgan fingerprint density at radius 3 is 2.28 bits per heavy atom. The summed E-state index contributed by atoms with van der Waals surface area (Å²) in [6, 6.07) is 12.8. The molecule has 0 radical (unpaired) electrons. The minimum atomic E-state index is -3.73. The second-order valence-corrected chi connectivity index (χ2v) is 12.0. The van der Waals surface area contributed by atoms with Crippen LogP contribution in [0.4, 0.5) is 0 Å². The summed E-state index contributed by atoms with van der Waals surface area (Å²) in [5.41, 5.74) is 1.64. The van der Waals surface area contributed by atoms with E-state index in [1.807, 2.05) is 36.4 Å². The van der Waals surface area contributed by atoms with Gasteiger partial charge in [-0.15, -0.1) is 10.2 Å².